The van der Waals surface area contributed by atoms with E-state index >= 15 is 0 Å². The fourth-order valence-corrected chi connectivity index (χ4v) is 1.97. The van der Waals surface area contributed by atoms with E-state index in [0.717, 1.165) is 16.8 Å². The van der Waals surface area contributed by atoms with Crippen molar-refractivity contribution in [2.75, 3.05) is 5.32 Å². The normalized spacial score (nSPS) is 10.7. The number of fused-ring (bicyclic) bond motifs is 2. The number of hydrogen-bond donors (Lipinski definition) is 1. The molecule has 0 atom stereocenters. The van der Waals surface area contributed by atoms with Crippen LogP contribution in [0.2, 0.25) is 0 Å². The summed E-state index contributed by atoms with van der Waals surface area (Å²) in [5, 5.41) is 3.09. The molecule has 1 N–H and O–H groups in total. The minimum Gasteiger partial charge on any atom is -0.491 e. The molecular weight excluding hydrogens is 298 g/mol. The quantitative estimate of drug-likeness (QED) is 0.550. The zero-order valence-electron chi connectivity index (χ0n) is 12.5. The largest absolute Gasteiger partial charge is 0.491 e. The van der Waals surface area contributed by atoms with E-state index in [9.17, 15) is 0 Å². The SMILES string of the molecule is CC(C)Oc1ccc2nccnc2c1.Cl.c1ccc2c(c1)N2. The molecule has 0 amide bonds. The molecule has 1 aliphatic rings. The first-order valence-corrected chi connectivity index (χ1v) is 6.96. The third kappa shape index (κ3) is 4.09. The predicted octanol–water partition coefficient (Wildman–Crippen LogP) is 4.58. The lowest BCUT2D eigenvalue weighted by atomic mass is 10.3. The first kappa shape index (κ1) is 16.0. The van der Waals surface area contributed by atoms with Crippen molar-refractivity contribution in [1.29, 1.82) is 0 Å². The number of para-hydroxylation sites is 2. The Morgan fingerprint density at radius 3 is 2.14 bits per heavy atom. The van der Waals surface area contributed by atoms with Crippen molar-refractivity contribution in [3.8, 4) is 5.75 Å². The van der Waals surface area contributed by atoms with Gasteiger partial charge in [0.05, 0.1) is 28.5 Å². The number of anilines is 2. The molecule has 0 fully saturated rings. The minimum atomic E-state index is 0. The first-order valence-electron chi connectivity index (χ1n) is 6.96. The molecule has 5 heteroatoms. The third-order valence-electron chi connectivity index (χ3n) is 2.95. The molecule has 22 heavy (non-hydrogen) atoms. The number of ether oxygens (including phenoxy) is 1. The van der Waals surface area contributed by atoms with Crippen LogP contribution in [0.4, 0.5) is 11.4 Å². The summed E-state index contributed by atoms with van der Waals surface area (Å²) in [5.74, 6) is 0.841. The van der Waals surface area contributed by atoms with Gasteiger partial charge in [0.2, 0.25) is 0 Å². The van der Waals surface area contributed by atoms with Crippen molar-refractivity contribution in [2.45, 2.75) is 20.0 Å². The Morgan fingerprint density at radius 2 is 1.55 bits per heavy atom. The van der Waals surface area contributed by atoms with E-state index in [2.05, 4.69) is 27.4 Å². The highest BCUT2D eigenvalue weighted by atomic mass is 35.5. The average molecular weight is 316 g/mol. The van der Waals surface area contributed by atoms with Crippen molar-refractivity contribution in [2.24, 2.45) is 0 Å². The number of nitrogens with one attached hydrogen (secondary N) is 1. The van der Waals surface area contributed by atoms with Gasteiger partial charge >= 0.3 is 0 Å². The summed E-state index contributed by atoms with van der Waals surface area (Å²) < 4.78 is 5.55. The standard InChI is InChI=1S/C11H12N2O.C6H5N.ClH/c1-8(2)14-9-3-4-10-11(7-9)13-6-5-12-10;1-2-4-6-5(3-1)7-6;/h3-8H,1-2H3;1-4,7H;1H. The molecule has 4 nitrogen and oxygen atoms in total. The van der Waals surface area contributed by atoms with Crippen LogP contribution in [0.25, 0.3) is 11.0 Å². The van der Waals surface area contributed by atoms with E-state index < -0.39 is 0 Å². The number of halogens is 1. The molecule has 0 aliphatic carbocycles. The van der Waals surface area contributed by atoms with Gasteiger partial charge in [0.1, 0.15) is 5.75 Å². The zero-order chi connectivity index (χ0) is 14.7. The molecule has 2 aromatic carbocycles. The Kier molecular flexibility index (Phi) is 5.17. The maximum absolute atomic E-state index is 5.55. The molecule has 0 unspecified atom stereocenters. The van der Waals surface area contributed by atoms with E-state index in [1.165, 1.54) is 11.4 Å². The zero-order valence-corrected chi connectivity index (χ0v) is 13.3. The second kappa shape index (κ2) is 7.09. The van der Waals surface area contributed by atoms with Crippen molar-refractivity contribution < 1.29 is 4.74 Å². The van der Waals surface area contributed by atoms with Gasteiger partial charge in [-0.1, -0.05) is 12.1 Å². The Bertz CT molecular complexity index is 740. The van der Waals surface area contributed by atoms with Gasteiger partial charge in [-0.2, -0.15) is 0 Å². The van der Waals surface area contributed by atoms with E-state index in [-0.39, 0.29) is 18.5 Å². The highest BCUT2D eigenvalue weighted by molar-refractivity contribution is 5.89. The Hall–Kier alpha value is -2.33. The summed E-state index contributed by atoms with van der Waals surface area (Å²) >= 11 is 0. The summed E-state index contributed by atoms with van der Waals surface area (Å²) in [6.07, 6.45) is 3.55. The molecule has 4 rings (SSSR count). The topological polar surface area (TPSA) is 57.0 Å². The Balaban J connectivity index is 0.000000185. The molecule has 1 aromatic heterocycles. The summed E-state index contributed by atoms with van der Waals surface area (Å²) in [5.41, 5.74) is 4.32. The van der Waals surface area contributed by atoms with Crippen LogP contribution in [0, 0.1) is 0 Å². The molecule has 0 spiro atoms. The summed E-state index contributed by atoms with van der Waals surface area (Å²) in [6, 6.07) is 13.9. The number of benzene rings is 2. The molecule has 1 aliphatic heterocycles. The van der Waals surface area contributed by atoms with Crippen LogP contribution in [-0.4, -0.2) is 16.1 Å². The van der Waals surface area contributed by atoms with Gasteiger partial charge in [0, 0.05) is 18.5 Å². The molecule has 3 aromatic rings. The number of hydrogen-bond acceptors (Lipinski definition) is 4. The fourth-order valence-electron chi connectivity index (χ4n) is 1.97. The summed E-state index contributed by atoms with van der Waals surface area (Å²) in [4.78, 5) is 8.39. The van der Waals surface area contributed by atoms with Crippen LogP contribution in [0.3, 0.4) is 0 Å². The van der Waals surface area contributed by atoms with Crippen molar-refractivity contribution >= 4 is 34.8 Å². The van der Waals surface area contributed by atoms with Crippen LogP contribution >= 0.6 is 12.4 Å². The summed E-state index contributed by atoms with van der Waals surface area (Å²) in [7, 11) is 0. The van der Waals surface area contributed by atoms with Crippen LogP contribution in [-0.2, 0) is 0 Å². The van der Waals surface area contributed by atoms with Gasteiger partial charge in [0.25, 0.3) is 0 Å². The highest BCUT2D eigenvalue weighted by Crippen LogP contribution is 2.36. The number of aromatic nitrogens is 2. The van der Waals surface area contributed by atoms with Crippen LogP contribution in [0.5, 0.6) is 5.75 Å². The van der Waals surface area contributed by atoms with Gasteiger partial charge in [-0.05, 0) is 38.1 Å². The molecule has 114 valence electrons. The number of nitrogens with zero attached hydrogens (tertiary/aromatic N) is 2. The first-order chi connectivity index (χ1) is 10.2. The molecule has 0 saturated carbocycles. The Labute approximate surface area is 136 Å². The molecule has 0 saturated heterocycles. The van der Waals surface area contributed by atoms with Crippen LogP contribution in [0.1, 0.15) is 13.8 Å². The van der Waals surface area contributed by atoms with Crippen molar-refractivity contribution in [1.82, 2.24) is 9.97 Å². The van der Waals surface area contributed by atoms with E-state index in [1.807, 2.05) is 44.2 Å². The van der Waals surface area contributed by atoms with Crippen LogP contribution in [0.15, 0.2) is 54.9 Å². The lowest BCUT2D eigenvalue weighted by molar-refractivity contribution is 0.242. The maximum atomic E-state index is 5.55. The van der Waals surface area contributed by atoms with Gasteiger partial charge in [-0.15, -0.1) is 12.4 Å². The Morgan fingerprint density at radius 1 is 0.909 bits per heavy atom. The van der Waals surface area contributed by atoms with Gasteiger partial charge < -0.3 is 10.1 Å². The second-order valence-corrected chi connectivity index (χ2v) is 5.04. The molecular formula is C17H18ClN3O. The predicted molar refractivity (Wildman–Crippen MR) is 92.3 cm³/mol. The summed E-state index contributed by atoms with van der Waals surface area (Å²) in [6.45, 7) is 4.00. The molecule has 2 heterocycles. The van der Waals surface area contributed by atoms with Gasteiger partial charge in [-0.3, -0.25) is 9.97 Å². The van der Waals surface area contributed by atoms with Crippen LogP contribution < -0.4 is 10.1 Å². The third-order valence-corrected chi connectivity index (χ3v) is 2.95. The minimum absolute atomic E-state index is 0. The van der Waals surface area contributed by atoms with Gasteiger partial charge in [0.15, 0.2) is 0 Å². The van der Waals surface area contributed by atoms with Crippen molar-refractivity contribution in [3.05, 3.63) is 54.9 Å². The lowest BCUT2D eigenvalue weighted by Gasteiger charge is -2.09. The van der Waals surface area contributed by atoms with E-state index in [4.69, 9.17) is 4.74 Å². The highest BCUT2D eigenvalue weighted by Gasteiger charge is 2.10. The monoisotopic (exact) mass is 315 g/mol. The molecule has 0 radical (unpaired) electrons. The number of rotatable bonds is 2. The molecule has 0 bridgehead atoms. The fraction of sp³-hybridized carbons (Fsp3) is 0.176. The van der Waals surface area contributed by atoms with Crippen molar-refractivity contribution in [3.63, 3.8) is 0 Å². The van der Waals surface area contributed by atoms with Gasteiger partial charge in [-0.25, -0.2) is 0 Å². The van der Waals surface area contributed by atoms with E-state index in [0.29, 0.717) is 0 Å². The van der Waals surface area contributed by atoms with E-state index in [1.54, 1.807) is 12.4 Å². The average Bonchev–Trinajstić information content (AvgIpc) is 3.26. The lowest BCUT2D eigenvalue weighted by Crippen LogP contribution is -2.05. The maximum Gasteiger partial charge on any atom is 0.121 e. The smallest absolute Gasteiger partial charge is 0.121 e. The second-order valence-electron chi connectivity index (χ2n) is 5.04.